The van der Waals surface area contributed by atoms with Crippen molar-refractivity contribution in [3.8, 4) is 0 Å². The van der Waals surface area contributed by atoms with Gasteiger partial charge in [0.15, 0.2) is 4.96 Å². The van der Waals surface area contributed by atoms with E-state index >= 15 is 0 Å². The molecule has 0 bridgehead atoms. The Kier molecular flexibility index (Phi) is 5.25. The monoisotopic (exact) mass is 363 g/mol. The Morgan fingerprint density at radius 3 is 3.17 bits per heavy atom. The third kappa shape index (κ3) is 3.34. The van der Waals surface area contributed by atoms with Crippen LogP contribution in [-0.2, 0) is 6.54 Å². The summed E-state index contributed by atoms with van der Waals surface area (Å²) in [4.78, 5) is 24.1. The van der Waals surface area contributed by atoms with E-state index in [2.05, 4.69) is 26.3 Å². The molecule has 0 amide bonds. The van der Waals surface area contributed by atoms with Crippen LogP contribution in [0.4, 0.5) is 0 Å². The maximum Gasteiger partial charge on any atom is 0.258 e. The molecule has 4 heterocycles. The summed E-state index contributed by atoms with van der Waals surface area (Å²) in [6, 6.07) is 5.95. The molecule has 1 N–H and O–H groups in total. The van der Waals surface area contributed by atoms with Crippen molar-refractivity contribution in [3.05, 3.63) is 63.8 Å². The Labute approximate surface area is 149 Å². The predicted molar refractivity (Wildman–Crippen MR) is 96.8 cm³/mol. The van der Waals surface area contributed by atoms with Crippen molar-refractivity contribution < 1.29 is 0 Å². The molecule has 3 aromatic rings. The molecule has 1 aliphatic heterocycles. The molecule has 0 aliphatic carbocycles. The molecule has 1 aliphatic rings. The lowest BCUT2D eigenvalue weighted by Crippen LogP contribution is -2.45. The summed E-state index contributed by atoms with van der Waals surface area (Å²) in [5, 5.41) is 5.32. The average Bonchev–Trinajstić information content (AvgIpc) is 3.05. The number of nitrogens with one attached hydrogen (secondary N) is 1. The fourth-order valence-corrected chi connectivity index (χ4v) is 3.75. The van der Waals surface area contributed by atoms with E-state index in [1.54, 1.807) is 22.9 Å². The highest BCUT2D eigenvalue weighted by atomic mass is 35.5. The smallest absolute Gasteiger partial charge is 0.258 e. The standard InChI is InChI=1S/C16H17N5OS.ClH/c22-15-8-13(19-16-21(15)6-7-23-16)11-20-5-4-18-10-14(20)12-2-1-3-17-9-12;/h1-3,6-9,14,18H,4-5,10-11H2;1H. The largest absolute Gasteiger partial charge is 0.314 e. The first kappa shape index (κ1) is 17.0. The molecule has 0 spiro atoms. The molecule has 0 radical (unpaired) electrons. The van der Waals surface area contributed by atoms with Crippen molar-refractivity contribution in [2.45, 2.75) is 12.6 Å². The molecule has 0 aromatic carbocycles. The molecule has 1 saturated heterocycles. The van der Waals surface area contributed by atoms with Gasteiger partial charge in [0, 0.05) is 62.3 Å². The number of nitrogens with zero attached hydrogens (tertiary/aromatic N) is 4. The zero-order chi connectivity index (χ0) is 15.6. The van der Waals surface area contributed by atoms with Gasteiger partial charge in [0.25, 0.3) is 5.56 Å². The van der Waals surface area contributed by atoms with Gasteiger partial charge in [-0.25, -0.2) is 4.98 Å². The number of aromatic nitrogens is 3. The second-order valence-corrected chi connectivity index (χ2v) is 6.49. The maximum atomic E-state index is 12.1. The summed E-state index contributed by atoms with van der Waals surface area (Å²) in [6.45, 7) is 3.42. The van der Waals surface area contributed by atoms with E-state index in [4.69, 9.17) is 0 Å². The SMILES string of the molecule is Cl.O=c1cc(CN2CCNCC2c2cccnc2)nc2sccn12. The lowest BCUT2D eigenvalue weighted by atomic mass is 10.1. The molecule has 126 valence electrons. The lowest BCUT2D eigenvalue weighted by molar-refractivity contribution is 0.151. The van der Waals surface area contributed by atoms with E-state index in [1.807, 2.05) is 17.6 Å². The van der Waals surface area contributed by atoms with Crippen molar-refractivity contribution in [1.29, 1.82) is 0 Å². The quantitative estimate of drug-likeness (QED) is 0.767. The number of fused-ring (bicyclic) bond motifs is 1. The van der Waals surface area contributed by atoms with E-state index in [1.165, 1.54) is 16.9 Å². The Bertz CT molecular complexity index is 866. The minimum absolute atomic E-state index is 0. The molecule has 1 atom stereocenters. The summed E-state index contributed by atoms with van der Waals surface area (Å²) in [5.41, 5.74) is 2.00. The Morgan fingerprint density at radius 1 is 1.42 bits per heavy atom. The molecule has 1 unspecified atom stereocenters. The average molecular weight is 364 g/mol. The fourth-order valence-electron chi connectivity index (χ4n) is 3.01. The van der Waals surface area contributed by atoms with Gasteiger partial charge >= 0.3 is 0 Å². The van der Waals surface area contributed by atoms with Crippen LogP contribution in [-0.4, -0.2) is 38.9 Å². The summed E-state index contributed by atoms with van der Waals surface area (Å²) in [6.07, 6.45) is 5.47. The van der Waals surface area contributed by atoms with Crippen molar-refractivity contribution in [1.82, 2.24) is 24.6 Å². The maximum absolute atomic E-state index is 12.1. The van der Waals surface area contributed by atoms with Crippen LogP contribution in [0.5, 0.6) is 0 Å². The van der Waals surface area contributed by atoms with Gasteiger partial charge in [-0.3, -0.25) is 19.1 Å². The van der Waals surface area contributed by atoms with E-state index < -0.39 is 0 Å². The van der Waals surface area contributed by atoms with Crippen molar-refractivity contribution in [3.63, 3.8) is 0 Å². The number of rotatable bonds is 3. The first-order chi connectivity index (χ1) is 11.3. The Hall–Kier alpha value is -1.80. The van der Waals surface area contributed by atoms with E-state index in [0.717, 1.165) is 30.3 Å². The van der Waals surface area contributed by atoms with Crippen LogP contribution >= 0.6 is 23.7 Å². The van der Waals surface area contributed by atoms with E-state index in [-0.39, 0.29) is 24.0 Å². The van der Waals surface area contributed by atoms with Crippen molar-refractivity contribution >= 4 is 28.7 Å². The zero-order valence-corrected chi connectivity index (χ0v) is 14.6. The molecule has 8 heteroatoms. The number of hydrogen-bond donors (Lipinski definition) is 1. The number of pyridine rings is 1. The van der Waals surface area contributed by atoms with Gasteiger partial charge in [-0.1, -0.05) is 6.07 Å². The van der Waals surface area contributed by atoms with Crippen LogP contribution in [0.1, 0.15) is 17.3 Å². The van der Waals surface area contributed by atoms with Gasteiger partial charge in [0.1, 0.15) is 0 Å². The van der Waals surface area contributed by atoms with Gasteiger partial charge in [-0.2, -0.15) is 0 Å². The number of piperazine rings is 1. The number of hydrogen-bond acceptors (Lipinski definition) is 6. The molecule has 6 nitrogen and oxygen atoms in total. The third-order valence-electron chi connectivity index (χ3n) is 4.14. The van der Waals surface area contributed by atoms with Gasteiger partial charge in [-0.05, 0) is 11.6 Å². The van der Waals surface area contributed by atoms with Crippen LogP contribution in [0.3, 0.4) is 0 Å². The van der Waals surface area contributed by atoms with Crippen LogP contribution in [0.15, 0.2) is 47.0 Å². The molecule has 1 fully saturated rings. The van der Waals surface area contributed by atoms with E-state index in [9.17, 15) is 4.79 Å². The minimum atomic E-state index is -0.0145. The Morgan fingerprint density at radius 2 is 2.33 bits per heavy atom. The van der Waals surface area contributed by atoms with Gasteiger partial charge in [-0.15, -0.1) is 23.7 Å². The number of thiazole rings is 1. The van der Waals surface area contributed by atoms with E-state index in [0.29, 0.717) is 6.54 Å². The van der Waals surface area contributed by atoms with Crippen LogP contribution < -0.4 is 10.9 Å². The minimum Gasteiger partial charge on any atom is -0.314 e. The number of halogens is 1. The third-order valence-corrected chi connectivity index (χ3v) is 4.90. The van der Waals surface area contributed by atoms with Crippen LogP contribution in [0.2, 0.25) is 0 Å². The second kappa shape index (κ2) is 7.40. The zero-order valence-electron chi connectivity index (χ0n) is 13.0. The molecule has 3 aromatic heterocycles. The van der Waals surface area contributed by atoms with Crippen molar-refractivity contribution in [2.24, 2.45) is 0 Å². The summed E-state index contributed by atoms with van der Waals surface area (Å²) >= 11 is 1.49. The first-order valence-electron chi connectivity index (χ1n) is 7.62. The summed E-state index contributed by atoms with van der Waals surface area (Å²) in [5.74, 6) is 0. The predicted octanol–water partition coefficient (Wildman–Crippen LogP) is 1.72. The molecular formula is C16H18ClN5OS. The highest BCUT2D eigenvalue weighted by Crippen LogP contribution is 2.23. The summed E-state index contributed by atoms with van der Waals surface area (Å²) < 4.78 is 1.59. The first-order valence-corrected chi connectivity index (χ1v) is 8.50. The topological polar surface area (TPSA) is 62.5 Å². The second-order valence-electron chi connectivity index (χ2n) is 5.62. The van der Waals surface area contributed by atoms with Gasteiger partial charge in [0.05, 0.1) is 5.69 Å². The Balaban J connectivity index is 0.00000169. The highest BCUT2D eigenvalue weighted by Gasteiger charge is 2.24. The summed E-state index contributed by atoms with van der Waals surface area (Å²) in [7, 11) is 0. The fraction of sp³-hybridized carbons (Fsp3) is 0.312. The normalized spacial score (nSPS) is 18.4. The van der Waals surface area contributed by atoms with Crippen LogP contribution in [0, 0.1) is 0 Å². The molecule has 0 saturated carbocycles. The van der Waals surface area contributed by atoms with Gasteiger partial charge < -0.3 is 5.32 Å². The molecule has 24 heavy (non-hydrogen) atoms. The lowest BCUT2D eigenvalue weighted by Gasteiger charge is -2.36. The molecule has 4 rings (SSSR count). The van der Waals surface area contributed by atoms with Crippen molar-refractivity contribution in [2.75, 3.05) is 19.6 Å². The molecular weight excluding hydrogens is 346 g/mol. The van der Waals surface area contributed by atoms with Gasteiger partial charge in [0.2, 0.25) is 0 Å². The van der Waals surface area contributed by atoms with Crippen LogP contribution in [0.25, 0.3) is 4.96 Å². The highest BCUT2D eigenvalue weighted by molar-refractivity contribution is 7.15.